The van der Waals surface area contributed by atoms with Gasteiger partial charge in [0.25, 0.3) is 0 Å². The summed E-state index contributed by atoms with van der Waals surface area (Å²) in [5.74, 6) is 1.05. The fraction of sp³-hybridized carbons (Fsp3) is 0.200. The Balaban J connectivity index is 2.08. The summed E-state index contributed by atoms with van der Waals surface area (Å²) in [5.41, 5.74) is 7.57. The zero-order chi connectivity index (χ0) is 14.5. The molecular weight excluding hydrogens is 325 g/mol. The maximum absolute atomic E-state index is 13.1. The molecule has 0 bridgehead atoms. The molecule has 0 radical (unpaired) electrons. The summed E-state index contributed by atoms with van der Waals surface area (Å²) in [4.78, 5) is 0. The number of ether oxygens (including phenoxy) is 2. The van der Waals surface area contributed by atoms with Crippen LogP contribution in [0.3, 0.4) is 0 Å². The van der Waals surface area contributed by atoms with Crippen LogP contribution in [0.2, 0.25) is 0 Å². The Morgan fingerprint density at radius 2 is 2.00 bits per heavy atom. The highest BCUT2D eigenvalue weighted by atomic mass is 79.9. The smallest absolute Gasteiger partial charge is 0.137 e. The zero-order valence-corrected chi connectivity index (χ0v) is 12.6. The van der Waals surface area contributed by atoms with Crippen molar-refractivity contribution >= 4 is 15.9 Å². The number of nitrogens with two attached hydrogens (primary N) is 1. The van der Waals surface area contributed by atoms with Crippen LogP contribution in [-0.2, 0) is 13.2 Å². The maximum Gasteiger partial charge on any atom is 0.137 e. The molecule has 0 aliphatic heterocycles. The number of hydrogen-bond donors (Lipinski definition) is 1. The van der Waals surface area contributed by atoms with Crippen molar-refractivity contribution in [2.24, 2.45) is 5.73 Å². The van der Waals surface area contributed by atoms with E-state index < -0.39 is 0 Å². The van der Waals surface area contributed by atoms with E-state index in [0.717, 1.165) is 16.9 Å². The SMILES string of the molecule is COc1ccc(COc2ccc(F)c(Br)c2)cc1CN. The highest BCUT2D eigenvalue weighted by Crippen LogP contribution is 2.24. The van der Waals surface area contributed by atoms with Gasteiger partial charge in [-0.3, -0.25) is 0 Å². The lowest BCUT2D eigenvalue weighted by atomic mass is 10.1. The molecule has 0 saturated heterocycles. The molecule has 3 nitrogen and oxygen atoms in total. The first kappa shape index (κ1) is 14.8. The second kappa shape index (κ2) is 6.72. The zero-order valence-electron chi connectivity index (χ0n) is 11.0. The van der Waals surface area contributed by atoms with E-state index in [9.17, 15) is 4.39 Å². The van der Waals surface area contributed by atoms with Crippen molar-refractivity contribution in [3.63, 3.8) is 0 Å². The molecule has 0 fully saturated rings. The van der Waals surface area contributed by atoms with Crippen molar-refractivity contribution in [3.05, 3.63) is 57.8 Å². The molecule has 2 rings (SSSR count). The Morgan fingerprint density at radius 1 is 1.20 bits per heavy atom. The fourth-order valence-corrected chi connectivity index (χ4v) is 2.17. The van der Waals surface area contributed by atoms with E-state index in [4.69, 9.17) is 15.2 Å². The van der Waals surface area contributed by atoms with Crippen molar-refractivity contribution in [3.8, 4) is 11.5 Å². The molecule has 0 amide bonds. The van der Waals surface area contributed by atoms with Gasteiger partial charge in [-0.2, -0.15) is 0 Å². The van der Waals surface area contributed by atoms with Gasteiger partial charge < -0.3 is 15.2 Å². The van der Waals surface area contributed by atoms with Gasteiger partial charge >= 0.3 is 0 Å². The molecule has 0 aromatic heterocycles. The van der Waals surface area contributed by atoms with E-state index in [1.807, 2.05) is 18.2 Å². The van der Waals surface area contributed by atoms with E-state index in [0.29, 0.717) is 23.4 Å². The van der Waals surface area contributed by atoms with Gasteiger partial charge in [0, 0.05) is 12.1 Å². The summed E-state index contributed by atoms with van der Waals surface area (Å²) in [6, 6.07) is 10.3. The largest absolute Gasteiger partial charge is 0.496 e. The fourth-order valence-electron chi connectivity index (χ4n) is 1.81. The van der Waals surface area contributed by atoms with Gasteiger partial charge in [0.1, 0.15) is 23.9 Å². The Morgan fingerprint density at radius 3 is 2.65 bits per heavy atom. The highest BCUT2D eigenvalue weighted by molar-refractivity contribution is 9.10. The molecule has 2 N–H and O–H groups in total. The van der Waals surface area contributed by atoms with Crippen molar-refractivity contribution in [1.29, 1.82) is 0 Å². The van der Waals surface area contributed by atoms with E-state index in [1.54, 1.807) is 19.2 Å². The molecule has 106 valence electrons. The Kier molecular flexibility index (Phi) is 4.98. The molecule has 0 spiro atoms. The Hall–Kier alpha value is -1.59. The molecule has 0 unspecified atom stereocenters. The van der Waals surface area contributed by atoms with Crippen molar-refractivity contribution in [2.45, 2.75) is 13.2 Å². The van der Waals surface area contributed by atoms with Crippen LogP contribution < -0.4 is 15.2 Å². The first-order valence-corrected chi connectivity index (χ1v) is 6.87. The monoisotopic (exact) mass is 339 g/mol. The summed E-state index contributed by atoms with van der Waals surface area (Å²) < 4.78 is 24.3. The van der Waals surface area contributed by atoms with Crippen molar-refractivity contribution in [2.75, 3.05) is 7.11 Å². The van der Waals surface area contributed by atoms with Gasteiger partial charge in [0.2, 0.25) is 0 Å². The van der Waals surface area contributed by atoms with Crippen LogP contribution in [0.4, 0.5) is 4.39 Å². The topological polar surface area (TPSA) is 44.5 Å². The van der Waals surface area contributed by atoms with Crippen molar-refractivity contribution < 1.29 is 13.9 Å². The summed E-state index contributed by atoms with van der Waals surface area (Å²) in [6.45, 7) is 0.786. The number of methoxy groups -OCH3 is 1. The summed E-state index contributed by atoms with van der Waals surface area (Å²) >= 11 is 3.13. The number of benzene rings is 2. The summed E-state index contributed by atoms with van der Waals surface area (Å²) in [6.07, 6.45) is 0. The number of rotatable bonds is 5. The molecular formula is C15H15BrFNO2. The molecule has 0 atom stereocenters. The normalized spacial score (nSPS) is 10.4. The molecule has 2 aromatic carbocycles. The minimum Gasteiger partial charge on any atom is -0.496 e. The lowest BCUT2D eigenvalue weighted by molar-refractivity contribution is 0.305. The highest BCUT2D eigenvalue weighted by Gasteiger charge is 2.05. The standard InChI is InChI=1S/C15H15BrFNO2/c1-19-15-5-2-10(6-11(15)8-18)9-20-12-3-4-14(17)13(16)7-12/h2-7H,8-9,18H2,1H3. The quantitative estimate of drug-likeness (QED) is 0.904. The average molecular weight is 340 g/mol. The van der Waals surface area contributed by atoms with E-state index in [2.05, 4.69) is 15.9 Å². The Labute approximate surface area is 125 Å². The average Bonchev–Trinajstić information content (AvgIpc) is 2.48. The second-order valence-electron chi connectivity index (χ2n) is 4.21. The predicted octanol–water partition coefficient (Wildman–Crippen LogP) is 3.63. The lowest BCUT2D eigenvalue weighted by Crippen LogP contribution is -2.02. The van der Waals surface area contributed by atoms with Crippen LogP contribution in [0.5, 0.6) is 11.5 Å². The van der Waals surface area contributed by atoms with Gasteiger partial charge in [-0.1, -0.05) is 6.07 Å². The van der Waals surface area contributed by atoms with E-state index >= 15 is 0 Å². The van der Waals surface area contributed by atoms with Gasteiger partial charge in [-0.25, -0.2) is 4.39 Å². The molecule has 5 heteroatoms. The maximum atomic E-state index is 13.1. The van der Waals surface area contributed by atoms with Crippen LogP contribution in [-0.4, -0.2) is 7.11 Å². The lowest BCUT2D eigenvalue weighted by Gasteiger charge is -2.11. The molecule has 2 aromatic rings. The Bertz CT molecular complexity index is 604. The van der Waals surface area contributed by atoms with E-state index in [-0.39, 0.29) is 5.82 Å². The minimum atomic E-state index is -0.313. The van der Waals surface area contributed by atoms with Gasteiger partial charge in [-0.05, 0) is 51.8 Å². The first-order chi connectivity index (χ1) is 9.63. The van der Waals surface area contributed by atoms with Crippen LogP contribution in [0.25, 0.3) is 0 Å². The molecule has 0 heterocycles. The van der Waals surface area contributed by atoms with Crippen LogP contribution in [0, 0.1) is 5.82 Å². The third kappa shape index (κ3) is 3.49. The van der Waals surface area contributed by atoms with Crippen LogP contribution in [0.15, 0.2) is 40.9 Å². The predicted molar refractivity (Wildman–Crippen MR) is 79.3 cm³/mol. The van der Waals surface area contributed by atoms with Crippen LogP contribution in [0.1, 0.15) is 11.1 Å². The molecule has 20 heavy (non-hydrogen) atoms. The molecule has 0 aliphatic carbocycles. The van der Waals surface area contributed by atoms with Gasteiger partial charge in [-0.15, -0.1) is 0 Å². The van der Waals surface area contributed by atoms with Gasteiger partial charge in [0.05, 0.1) is 11.6 Å². The van der Waals surface area contributed by atoms with E-state index in [1.165, 1.54) is 6.07 Å². The van der Waals surface area contributed by atoms with Crippen LogP contribution >= 0.6 is 15.9 Å². The third-order valence-electron chi connectivity index (χ3n) is 2.86. The number of hydrogen-bond acceptors (Lipinski definition) is 3. The molecule has 0 aliphatic rings. The summed E-state index contributed by atoms with van der Waals surface area (Å²) in [7, 11) is 1.61. The molecule has 0 saturated carbocycles. The minimum absolute atomic E-state index is 0.313. The third-order valence-corrected chi connectivity index (χ3v) is 3.47. The second-order valence-corrected chi connectivity index (χ2v) is 5.07. The van der Waals surface area contributed by atoms with Gasteiger partial charge in [0.15, 0.2) is 0 Å². The first-order valence-electron chi connectivity index (χ1n) is 6.07. The van der Waals surface area contributed by atoms with Crippen molar-refractivity contribution in [1.82, 2.24) is 0 Å². The number of halogens is 2. The summed E-state index contributed by atoms with van der Waals surface area (Å²) in [5, 5.41) is 0.